The largest absolute Gasteiger partial charge is 0.366 e. The number of nitrogens with two attached hydrogens (primary N) is 1. The fourth-order valence-electron chi connectivity index (χ4n) is 2.84. The Morgan fingerprint density at radius 1 is 1.16 bits per heavy atom. The van der Waals surface area contributed by atoms with Gasteiger partial charge in [-0.2, -0.15) is 0 Å². The van der Waals surface area contributed by atoms with Gasteiger partial charge >= 0.3 is 0 Å². The molecule has 0 saturated carbocycles. The van der Waals surface area contributed by atoms with Gasteiger partial charge in [0.25, 0.3) is 0 Å². The van der Waals surface area contributed by atoms with Crippen LogP contribution in [0.15, 0.2) is 36.4 Å². The van der Waals surface area contributed by atoms with Crippen molar-refractivity contribution < 1.29 is 9.59 Å². The van der Waals surface area contributed by atoms with Crippen molar-refractivity contribution in [2.45, 2.75) is 12.8 Å². The lowest BCUT2D eigenvalue weighted by Gasteiger charge is -2.32. The summed E-state index contributed by atoms with van der Waals surface area (Å²) in [5.41, 5.74) is 6.25. The van der Waals surface area contributed by atoms with Gasteiger partial charge in [-0.05, 0) is 49.2 Å². The summed E-state index contributed by atoms with van der Waals surface area (Å²) in [5.74, 6) is 0.0121. The second-order valence-electron chi connectivity index (χ2n) is 5.93. The van der Waals surface area contributed by atoms with Gasteiger partial charge in [-0.3, -0.25) is 9.59 Å². The highest BCUT2D eigenvalue weighted by molar-refractivity contribution is 6.29. The Labute approximate surface area is 150 Å². The maximum Gasteiger partial charge on any atom is 0.248 e. The zero-order valence-corrected chi connectivity index (χ0v) is 14.2. The summed E-state index contributed by atoms with van der Waals surface area (Å²) in [4.78, 5) is 25.6. The van der Waals surface area contributed by atoms with Crippen LogP contribution in [0.5, 0.6) is 0 Å². The summed E-state index contributed by atoms with van der Waals surface area (Å²) >= 11 is 5.77. The van der Waals surface area contributed by atoms with Crippen LogP contribution < -0.4 is 16.0 Å². The van der Waals surface area contributed by atoms with Gasteiger partial charge in [-0.25, -0.2) is 0 Å². The van der Waals surface area contributed by atoms with Crippen LogP contribution in [0, 0.1) is 5.92 Å². The molecule has 1 atom stereocenters. The zero-order valence-electron chi connectivity index (χ0n) is 13.5. The van der Waals surface area contributed by atoms with Gasteiger partial charge in [0.2, 0.25) is 11.8 Å². The Hall–Kier alpha value is -2.67. The van der Waals surface area contributed by atoms with Gasteiger partial charge in [-0.15, -0.1) is 10.2 Å². The van der Waals surface area contributed by atoms with E-state index in [2.05, 4.69) is 15.5 Å². The summed E-state index contributed by atoms with van der Waals surface area (Å²) in [6.45, 7) is 1.40. The van der Waals surface area contributed by atoms with E-state index in [1.807, 2.05) is 4.90 Å². The number of halogens is 1. The van der Waals surface area contributed by atoms with Crippen molar-refractivity contribution in [2.24, 2.45) is 11.7 Å². The Morgan fingerprint density at radius 2 is 1.92 bits per heavy atom. The van der Waals surface area contributed by atoms with Crippen molar-refractivity contribution in [3.8, 4) is 0 Å². The number of hydrogen-bond donors (Lipinski definition) is 2. The van der Waals surface area contributed by atoms with E-state index in [0.29, 0.717) is 28.8 Å². The minimum Gasteiger partial charge on any atom is -0.366 e. The van der Waals surface area contributed by atoms with E-state index in [0.717, 1.165) is 19.4 Å². The summed E-state index contributed by atoms with van der Waals surface area (Å²) in [5, 5.41) is 11.2. The Kier molecular flexibility index (Phi) is 5.14. The summed E-state index contributed by atoms with van der Waals surface area (Å²) in [7, 11) is 0. The highest BCUT2D eigenvalue weighted by atomic mass is 35.5. The van der Waals surface area contributed by atoms with Crippen molar-refractivity contribution in [2.75, 3.05) is 23.3 Å². The minimum absolute atomic E-state index is 0.0570. The molecule has 25 heavy (non-hydrogen) atoms. The van der Waals surface area contributed by atoms with Gasteiger partial charge in [0, 0.05) is 24.3 Å². The van der Waals surface area contributed by atoms with E-state index < -0.39 is 5.91 Å². The van der Waals surface area contributed by atoms with Gasteiger partial charge in [0.15, 0.2) is 11.0 Å². The Bertz CT molecular complexity index is 764. The van der Waals surface area contributed by atoms with Gasteiger partial charge in [0.05, 0.1) is 5.92 Å². The zero-order chi connectivity index (χ0) is 17.8. The molecule has 0 bridgehead atoms. The average Bonchev–Trinajstić information content (AvgIpc) is 2.63. The molecule has 7 nitrogen and oxygen atoms in total. The lowest BCUT2D eigenvalue weighted by atomic mass is 9.97. The van der Waals surface area contributed by atoms with Crippen molar-refractivity contribution in [1.29, 1.82) is 0 Å². The van der Waals surface area contributed by atoms with E-state index in [9.17, 15) is 9.59 Å². The first-order chi connectivity index (χ1) is 12.0. The van der Waals surface area contributed by atoms with E-state index >= 15 is 0 Å². The van der Waals surface area contributed by atoms with Crippen molar-refractivity contribution in [3.05, 3.63) is 47.1 Å². The predicted octanol–water partition coefficient (Wildman–Crippen LogP) is 2.08. The van der Waals surface area contributed by atoms with Crippen molar-refractivity contribution in [3.63, 3.8) is 0 Å². The van der Waals surface area contributed by atoms with Gasteiger partial charge in [-0.1, -0.05) is 11.6 Å². The molecule has 1 aliphatic heterocycles. The number of rotatable bonds is 4. The molecule has 2 heterocycles. The number of nitrogens with zero attached hydrogens (tertiary/aromatic N) is 3. The summed E-state index contributed by atoms with van der Waals surface area (Å²) in [6, 6.07) is 10.0. The predicted molar refractivity (Wildman–Crippen MR) is 95.6 cm³/mol. The first-order valence-corrected chi connectivity index (χ1v) is 8.35. The van der Waals surface area contributed by atoms with E-state index in [1.54, 1.807) is 36.4 Å². The second kappa shape index (κ2) is 7.48. The quantitative estimate of drug-likeness (QED) is 0.870. The Morgan fingerprint density at radius 3 is 2.56 bits per heavy atom. The molecule has 0 spiro atoms. The number of aromatic nitrogens is 2. The third-order valence-corrected chi connectivity index (χ3v) is 4.37. The van der Waals surface area contributed by atoms with Crippen LogP contribution in [-0.2, 0) is 4.79 Å². The molecule has 0 radical (unpaired) electrons. The number of carbonyl (C=O) groups excluding carboxylic acids is 2. The molecule has 3 rings (SSSR count). The highest BCUT2D eigenvalue weighted by Crippen LogP contribution is 2.23. The third kappa shape index (κ3) is 4.24. The first-order valence-electron chi connectivity index (χ1n) is 7.98. The van der Waals surface area contributed by atoms with E-state index in [4.69, 9.17) is 17.3 Å². The number of anilines is 2. The Balaban J connectivity index is 1.63. The molecule has 1 aromatic heterocycles. The lowest BCUT2D eigenvalue weighted by molar-refractivity contribution is -0.120. The normalized spacial score (nSPS) is 17.2. The number of primary amides is 1. The molecular weight excluding hydrogens is 342 g/mol. The van der Waals surface area contributed by atoms with Crippen LogP contribution in [0.1, 0.15) is 23.2 Å². The topological polar surface area (TPSA) is 101 Å². The van der Waals surface area contributed by atoms with Gasteiger partial charge in [0.1, 0.15) is 0 Å². The molecule has 2 amide bonds. The minimum atomic E-state index is -0.495. The number of amides is 2. The molecule has 1 aromatic carbocycles. The fourth-order valence-corrected chi connectivity index (χ4v) is 2.94. The van der Waals surface area contributed by atoms with Gasteiger partial charge < -0.3 is 16.0 Å². The first kappa shape index (κ1) is 17.2. The molecule has 3 N–H and O–H groups in total. The number of piperidine rings is 1. The monoisotopic (exact) mass is 359 g/mol. The molecule has 130 valence electrons. The van der Waals surface area contributed by atoms with Crippen LogP contribution in [0.25, 0.3) is 0 Å². The lowest BCUT2D eigenvalue weighted by Crippen LogP contribution is -2.41. The molecule has 1 aliphatic rings. The van der Waals surface area contributed by atoms with Crippen molar-refractivity contribution >= 4 is 34.9 Å². The number of nitrogens with one attached hydrogen (secondary N) is 1. The number of benzene rings is 1. The maximum atomic E-state index is 12.5. The third-order valence-electron chi connectivity index (χ3n) is 4.17. The maximum absolute atomic E-state index is 12.5. The molecule has 1 fully saturated rings. The summed E-state index contributed by atoms with van der Waals surface area (Å²) < 4.78 is 0. The molecule has 1 saturated heterocycles. The molecule has 0 aliphatic carbocycles. The molecule has 2 aromatic rings. The van der Waals surface area contributed by atoms with Crippen molar-refractivity contribution in [1.82, 2.24) is 10.2 Å². The van der Waals surface area contributed by atoms with Crippen LogP contribution in [-0.4, -0.2) is 35.1 Å². The summed E-state index contributed by atoms with van der Waals surface area (Å²) in [6.07, 6.45) is 1.70. The fraction of sp³-hybridized carbons (Fsp3) is 0.294. The number of carbonyl (C=O) groups is 2. The standard InChI is InChI=1S/C17H18ClN5O2/c18-14-7-8-15(22-21-14)23-9-1-2-12(10-23)17(25)20-13-5-3-11(4-6-13)16(19)24/h3-8,12H,1-2,9-10H2,(H2,19,24)(H,20,25). The van der Waals surface area contributed by atoms with Crippen LogP contribution in [0.2, 0.25) is 5.15 Å². The average molecular weight is 360 g/mol. The molecule has 8 heteroatoms. The second-order valence-corrected chi connectivity index (χ2v) is 6.32. The van der Waals surface area contributed by atoms with Crippen LogP contribution >= 0.6 is 11.6 Å². The number of hydrogen-bond acceptors (Lipinski definition) is 5. The molecular formula is C17H18ClN5O2. The smallest absolute Gasteiger partial charge is 0.248 e. The SMILES string of the molecule is NC(=O)c1ccc(NC(=O)C2CCCN(c3ccc(Cl)nn3)C2)cc1. The highest BCUT2D eigenvalue weighted by Gasteiger charge is 2.26. The molecule has 1 unspecified atom stereocenters. The van der Waals surface area contributed by atoms with E-state index in [-0.39, 0.29) is 11.8 Å². The van der Waals surface area contributed by atoms with Crippen LogP contribution in [0.4, 0.5) is 11.5 Å². The van der Waals surface area contributed by atoms with E-state index in [1.165, 1.54) is 0 Å². The van der Waals surface area contributed by atoms with Crippen LogP contribution in [0.3, 0.4) is 0 Å².